The van der Waals surface area contributed by atoms with Crippen LogP contribution >= 0.6 is 15.9 Å². The van der Waals surface area contributed by atoms with E-state index < -0.39 is 17.6 Å². The summed E-state index contributed by atoms with van der Waals surface area (Å²) in [6, 6.07) is 3.02. The number of benzene rings is 1. The van der Waals surface area contributed by atoms with Gasteiger partial charge in [-0.3, -0.25) is 4.79 Å². The quantitative estimate of drug-likeness (QED) is 0.739. The second-order valence-corrected chi connectivity index (χ2v) is 5.36. The zero-order valence-electron chi connectivity index (χ0n) is 11.6. The average Bonchev–Trinajstić information content (AvgIpc) is 2.41. The van der Waals surface area contributed by atoms with Crippen molar-refractivity contribution in [1.29, 1.82) is 0 Å². The van der Waals surface area contributed by atoms with E-state index in [1.54, 1.807) is 7.11 Å². The van der Waals surface area contributed by atoms with Crippen LogP contribution in [0.1, 0.15) is 35.2 Å². The van der Waals surface area contributed by atoms with Crippen molar-refractivity contribution in [3.05, 3.63) is 33.8 Å². The largest absolute Gasteiger partial charge is 0.416 e. The predicted molar refractivity (Wildman–Crippen MR) is 77.2 cm³/mol. The fourth-order valence-corrected chi connectivity index (χ4v) is 2.15. The Morgan fingerprint density at radius 3 is 2.62 bits per heavy atom. The third-order valence-electron chi connectivity index (χ3n) is 2.85. The van der Waals surface area contributed by atoms with Crippen LogP contribution in [-0.2, 0) is 10.9 Å². The van der Waals surface area contributed by atoms with Gasteiger partial charge in [-0.15, -0.1) is 0 Å². The maximum absolute atomic E-state index is 12.6. The van der Waals surface area contributed by atoms with E-state index in [0.29, 0.717) is 17.6 Å². The van der Waals surface area contributed by atoms with E-state index in [1.165, 1.54) is 6.07 Å². The van der Waals surface area contributed by atoms with E-state index in [2.05, 4.69) is 21.2 Å². The van der Waals surface area contributed by atoms with E-state index in [1.807, 2.05) is 0 Å². The Hall–Kier alpha value is -1.08. The van der Waals surface area contributed by atoms with E-state index in [4.69, 9.17) is 4.74 Å². The first-order valence-corrected chi connectivity index (χ1v) is 7.29. The Balaban J connectivity index is 2.57. The van der Waals surface area contributed by atoms with Crippen molar-refractivity contribution >= 4 is 21.8 Å². The number of rotatable bonds is 7. The molecule has 0 saturated heterocycles. The summed E-state index contributed by atoms with van der Waals surface area (Å²) in [4.78, 5) is 11.9. The summed E-state index contributed by atoms with van der Waals surface area (Å²) in [5.41, 5.74) is -0.849. The highest BCUT2D eigenvalue weighted by atomic mass is 79.9. The van der Waals surface area contributed by atoms with Gasteiger partial charge < -0.3 is 10.1 Å². The van der Waals surface area contributed by atoms with Crippen LogP contribution in [0.5, 0.6) is 0 Å². The van der Waals surface area contributed by atoms with Crippen LogP contribution in [0.25, 0.3) is 0 Å². The fraction of sp³-hybridized carbons (Fsp3) is 0.500. The van der Waals surface area contributed by atoms with Gasteiger partial charge in [0.05, 0.1) is 11.1 Å². The molecule has 1 rings (SSSR count). The van der Waals surface area contributed by atoms with Crippen LogP contribution in [0.2, 0.25) is 0 Å². The lowest BCUT2D eigenvalue weighted by Crippen LogP contribution is -2.25. The van der Waals surface area contributed by atoms with Gasteiger partial charge in [0.25, 0.3) is 5.91 Å². The molecule has 0 unspecified atom stereocenters. The SMILES string of the molecule is COCCCCCNC(=O)c1cc(C(F)(F)F)ccc1Br. The Morgan fingerprint density at radius 2 is 2.00 bits per heavy atom. The van der Waals surface area contributed by atoms with Crippen molar-refractivity contribution in [1.82, 2.24) is 5.32 Å². The van der Waals surface area contributed by atoms with Gasteiger partial charge in [-0.2, -0.15) is 13.2 Å². The summed E-state index contributed by atoms with van der Waals surface area (Å²) in [7, 11) is 1.62. The third-order valence-corrected chi connectivity index (χ3v) is 3.54. The first-order chi connectivity index (χ1) is 9.86. The van der Waals surface area contributed by atoms with Crippen molar-refractivity contribution in [3.8, 4) is 0 Å². The molecule has 21 heavy (non-hydrogen) atoms. The molecule has 0 fully saturated rings. The smallest absolute Gasteiger partial charge is 0.385 e. The maximum atomic E-state index is 12.6. The molecule has 0 spiro atoms. The van der Waals surface area contributed by atoms with Crippen LogP contribution in [-0.4, -0.2) is 26.2 Å². The third kappa shape index (κ3) is 6.05. The predicted octanol–water partition coefficient (Wildman–Crippen LogP) is 4.01. The zero-order chi connectivity index (χ0) is 15.9. The van der Waals surface area contributed by atoms with Crippen molar-refractivity contribution in [2.24, 2.45) is 0 Å². The molecule has 0 saturated carbocycles. The Labute approximate surface area is 130 Å². The van der Waals surface area contributed by atoms with Crippen molar-refractivity contribution in [2.45, 2.75) is 25.4 Å². The lowest BCUT2D eigenvalue weighted by Gasteiger charge is -2.11. The number of carbonyl (C=O) groups excluding carboxylic acids is 1. The molecule has 3 nitrogen and oxygen atoms in total. The molecule has 7 heteroatoms. The maximum Gasteiger partial charge on any atom is 0.416 e. The Bertz CT molecular complexity index is 478. The minimum absolute atomic E-state index is 0.0123. The standard InChI is InChI=1S/C14H17BrF3NO2/c1-21-8-4-2-3-7-19-13(20)11-9-10(14(16,17)18)5-6-12(11)15/h5-6,9H,2-4,7-8H2,1H3,(H,19,20). The number of unbranched alkanes of at least 4 members (excludes halogenated alkanes) is 2. The molecule has 0 aliphatic carbocycles. The Kier molecular flexibility index (Phi) is 7.17. The van der Waals surface area contributed by atoms with E-state index in [0.717, 1.165) is 31.4 Å². The van der Waals surface area contributed by atoms with Crippen molar-refractivity contribution in [3.63, 3.8) is 0 Å². The molecule has 0 heterocycles. The minimum atomic E-state index is -4.46. The molecule has 0 aliphatic rings. The van der Waals surface area contributed by atoms with Gasteiger partial charge in [-0.05, 0) is 53.4 Å². The number of halogens is 4. The fourth-order valence-electron chi connectivity index (χ4n) is 1.72. The van der Waals surface area contributed by atoms with Crippen LogP contribution in [0.3, 0.4) is 0 Å². The van der Waals surface area contributed by atoms with Gasteiger partial charge in [-0.1, -0.05) is 0 Å². The lowest BCUT2D eigenvalue weighted by atomic mass is 10.1. The molecule has 1 aromatic rings. The number of hydrogen-bond donors (Lipinski definition) is 1. The highest BCUT2D eigenvalue weighted by Gasteiger charge is 2.31. The number of nitrogens with one attached hydrogen (secondary N) is 1. The number of carbonyl (C=O) groups is 1. The molecule has 0 atom stereocenters. The summed E-state index contributed by atoms with van der Waals surface area (Å²) in [6.45, 7) is 1.08. The van der Waals surface area contributed by atoms with Gasteiger partial charge in [0.1, 0.15) is 0 Å². The number of ether oxygens (including phenoxy) is 1. The van der Waals surface area contributed by atoms with Crippen LogP contribution < -0.4 is 5.32 Å². The van der Waals surface area contributed by atoms with Crippen molar-refractivity contribution < 1.29 is 22.7 Å². The summed E-state index contributed by atoms with van der Waals surface area (Å²) >= 11 is 3.10. The topological polar surface area (TPSA) is 38.3 Å². The van der Waals surface area contributed by atoms with E-state index in [9.17, 15) is 18.0 Å². The monoisotopic (exact) mass is 367 g/mol. The minimum Gasteiger partial charge on any atom is -0.385 e. The number of alkyl halides is 3. The van der Waals surface area contributed by atoms with E-state index in [-0.39, 0.29) is 5.56 Å². The number of amides is 1. The van der Waals surface area contributed by atoms with Gasteiger partial charge in [0.2, 0.25) is 0 Å². The molecule has 1 amide bonds. The van der Waals surface area contributed by atoms with Crippen LogP contribution in [0.15, 0.2) is 22.7 Å². The average molecular weight is 368 g/mol. The van der Waals surface area contributed by atoms with Gasteiger partial charge >= 0.3 is 6.18 Å². The highest BCUT2D eigenvalue weighted by Crippen LogP contribution is 2.31. The van der Waals surface area contributed by atoms with Crippen LogP contribution in [0.4, 0.5) is 13.2 Å². The zero-order valence-corrected chi connectivity index (χ0v) is 13.2. The molecule has 0 bridgehead atoms. The molecule has 0 aromatic heterocycles. The molecule has 1 aromatic carbocycles. The second kappa shape index (κ2) is 8.38. The number of hydrogen-bond acceptors (Lipinski definition) is 2. The first kappa shape index (κ1) is 18.0. The second-order valence-electron chi connectivity index (χ2n) is 4.50. The van der Waals surface area contributed by atoms with Gasteiger partial charge in [0.15, 0.2) is 0 Å². The summed E-state index contributed by atoms with van der Waals surface area (Å²) in [6.07, 6.45) is -1.93. The number of methoxy groups -OCH3 is 1. The highest BCUT2D eigenvalue weighted by molar-refractivity contribution is 9.10. The first-order valence-electron chi connectivity index (χ1n) is 6.50. The molecular weight excluding hydrogens is 351 g/mol. The lowest BCUT2D eigenvalue weighted by molar-refractivity contribution is -0.137. The van der Waals surface area contributed by atoms with Gasteiger partial charge in [0, 0.05) is 24.7 Å². The van der Waals surface area contributed by atoms with Crippen molar-refractivity contribution in [2.75, 3.05) is 20.3 Å². The molecule has 0 aliphatic heterocycles. The molecule has 1 N–H and O–H groups in total. The van der Waals surface area contributed by atoms with E-state index >= 15 is 0 Å². The normalized spacial score (nSPS) is 11.5. The summed E-state index contributed by atoms with van der Waals surface area (Å²) in [5.74, 6) is -0.514. The van der Waals surface area contributed by atoms with Crippen LogP contribution in [0, 0.1) is 0 Å². The van der Waals surface area contributed by atoms with Gasteiger partial charge in [-0.25, -0.2) is 0 Å². The summed E-state index contributed by atoms with van der Waals surface area (Å²) < 4.78 is 43.1. The molecule has 0 radical (unpaired) electrons. The molecular formula is C14H17BrF3NO2. The summed E-state index contributed by atoms with van der Waals surface area (Å²) in [5, 5.41) is 2.62. The Morgan fingerprint density at radius 1 is 1.29 bits per heavy atom. The molecule has 118 valence electrons.